The fraction of sp³-hybridized carbons (Fsp3) is 0.400. The quantitative estimate of drug-likeness (QED) is 0.920. The number of rotatable bonds is 5. The van der Waals surface area contributed by atoms with Gasteiger partial charge in [-0.05, 0) is 31.5 Å². The molecule has 114 valence electrons. The second kappa shape index (κ2) is 6.13. The number of halogens is 1. The van der Waals surface area contributed by atoms with Gasteiger partial charge in [-0.1, -0.05) is 6.07 Å². The van der Waals surface area contributed by atoms with Crippen LogP contribution in [0.15, 0.2) is 24.4 Å². The molecule has 0 aliphatic carbocycles. The molecule has 2 N–H and O–H groups in total. The molecule has 1 aromatic carbocycles. The summed E-state index contributed by atoms with van der Waals surface area (Å²) in [6.45, 7) is 3.99. The van der Waals surface area contributed by atoms with Gasteiger partial charge in [-0.25, -0.2) is 4.39 Å². The first-order chi connectivity index (χ1) is 9.99. The van der Waals surface area contributed by atoms with E-state index in [0.717, 1.165) is 5.69 Å². The van der Waals surface area contributed by atoms with Gasteiger partial charge in [-0.3, -0.25) is 4.68 Å². The SMILES string of the molecule is COc1ccc(C(N)c2c(OC)cnn2C(C)C)cc1F. The first-order valence-electron chi connectivity index (χ1n) is 6.70. The summed E-state index contributed by atoms with van der Waals surface area (Å²) in [5.74, 6) is 0.336. The third-order valence-electron chi connectivity index (χ3n) is 3.34. The van der Waals surface area contributed by atoms with E-state index < -0.39 is 11.9 Å². The maximum absolute atomic E-state index is 13.9. The van der Waals surface area contributed by atoms with Crippen LogP contribution in [0.2, 0.25) is 0 Å². The zero-order valence-electron chi connectivity index (χ0n) is 12.6. The lowest BCUT2D eigenvalue weighted by Crippen LogP contribution is -2.19. The molecule has 1 unspecified atom stereocenters. The average molecular weight is 293 g/mol. The molecule has 2 aromatic rings. The fourth-order valence-electron chi connectivity index (χ4n) is 2.25. The maximum Gasteiger partial charge on any atom is 0.165 e. The molecule has 2 rings (SSSR count). The molecular formula is C15H20FN3O2. The van der Waals surface area contributed by atoms with Gasteiger partial charge < -0.3 is 15.2 Å². The van der Waals surface area contributed by atoms with E-state index in [1.165, 1.54) is 13.2 Å². The summed E-state index contributed by atoms with van der Waals surface area (Å²) in [6, 6.07) is 4.26. The molecule has 21 heavy (non-hydrogen) atoms. The zero-order valence-corrected chi connectivity index (χ0v) is 12.6. The lowest BCUT2D eigenvalue weighted by molar-refractivity contribution is 0.385. The van der Waals surface area contributed by atoms with Gasteiger partial charge in [-0.2, -0.15) is 5.10 Å². The fourth-order valence-corrected chi connectivity index (χ4v) is 2.25. The molecule has 5 nitrogen and oxygen atoms in total. The van der Waals surface area contributed by atoms with Crippen LogP contribution in [0.25, 0.3) is 0 Å². The highest BCUT2D eigenvalue weighted by atomic mass is 19.1. The summed E-state index contributed by atoms with van der Waals surface area (Å²) in [4.78, 5) is 0. The molecule has 1 atom stereocenters. The predicted octanol–water partition coefficient (Wildman–Crippen LogP) is 2.67. The van der Waals surface area contributed by atoms with Crippen molar-refractivity contribution >= 4 is 0 Å². The van der Waals surface area contributed by atoms with Gasteiger partial charge >= 0.3 is 0 Å². The van der Waals surface area contributed by atoms with Crippen molar-refractivity contribution in [1.82, 2.24) is 9.78 Å². The minimum Gasteiger partial charge on any atom is -0.494 e. The Labute approximate surface area is 123 Å². The van der Waals surface area contributed by atoms with E-state index in [9.17, 15) is 4.39 Å². The molecular weight excluding hydrogens is 273 g/mol. The van der Waals surface area contributed by atoms with Crippen molar-refractivity contribution in [2.45, 2.75) is 25.9 Å². The van der Waals surface area contributed by atoms with Gasteiger partial charge in [0, 0.05) is 6.04 Å². The molecule has 6 heteroatoms. The van der Waals surface area contributed by atoms with E-state index in [-0.39, 0.29) is 11.8 Å². The lowest BCUT2D eigenvalue weighted by atomic mass is 10.0. The van der Waals surface area contributed by atoms with Crippen LogP contribution in [-0.2, 0) is 0 Å². The van der Waals surface area contributed by atoms with Crippen LogP contribution in [0.5, 0.6) is 11.5 Å². The Morgan fingerprint density at radius 2 is 1.86 bits per heavy atom. The number of aromatic nitrogens is 2. The zero-order chi connectivity index (χ0) is 15.6. The summed E-state index contributed by atoms with van der Waals surface area (Å²) < 4.78 is 25.9. The molecule has 0 bridgehead atoms. The second-order valence-electron chi connectivity index (χ2n) is 5.01. The number of benzene rings is 1. The van der Waals surface area contributed by atoms with Gasteiger partial charge in [0.25, 0.3) is 0 Å². The van der Waals surface area contributed by atoms with Crippen molar-refractivity contribution in [2.24, 2.45) is 5.73 Å². The van der Waals surface area contributed by atoms with E-state index in [4.69, 9.17) is 15.2 Å². The first-order valence-corrected chi connectivity index (χ1v) is 6.70. The lowest BCUT2D eigenvalue weighted by Gasteiger charge is -2.18. The van der Waals surface area contributed by atoms with Gasteiger partial charge in [-0.15, -0.1) is 0 Å². The normalized spacial score (nSPS) is 12.5. The molecule has 0 aliphatic heterocycles. The van der Waals surface area contributed by atoms with E-state index in [1.807, 2.05) is 13.8 Å². The number of methoxy groups -OCH3 is 2. The van der Waals surface area contributed by atoms with Crippen molar-refractivity contribution in [3.63, 3.8) is 0 Å². The predicted molar refractivity (Wildman–Crippen MR) is 78.1 cm³/mol. The van der Waals surface area contributed by atoms with Crippen molar-refractivity contribution in [2.75, 3.05) is 14.2 Å². The minimum atomic E-state index is -0.537. The monoisotopic (exact) mass is 293 g/mol. The Morgan fingerprint density at radius 3 is 2.38 bits per heavy atom. The van der Waals surface area contributed by atoms with E-state index >= 15 is 0 Å². The van der Waals surface area contributed by atoms with Crippen LogP contribution in [0.3, 0.4) is 0 Å². The number of ether oxygens (including phenoxy) is 2. The Bertz CT molecular complexity index is 625. The van der Waals surface area contributed by atoms with Gasteiger partial charge in [0.2, 0.25) is 0 Å². The Balaban J connectivity index is 2.46. The van der Waals surface area contributed by atoms with Crippen molar-refractivity contribution in [1.29, 1.82) is 0 Å². The number of nitrogens with two attached hydrogens (primary N) is 1. The molecule has 1 aromatic heterocycles. The number of hydrogen-bond donors (Lipinski definition) is 1. The van der Waals surface area contributed by atoms with Gasteiger partial charge in [0.1, 0.15) is 5.69 Å². The second-order valence-corrected chi connectivity index (χ2v) is 5.01. The molecule has 1 heterocycles. The molecule has 0 spiro atoms. The number of hydrogen-bond acceptors (Lipinski definition) is 4. The summed E-state index contributed by atoms with van der Waals surface area (Å²) in [5.41, 5.74) is 7.64. The maximum atomic E-state index is 13.9. The largest absolute Gasteiger partial charge is 0.494 e. The van der Waals surface area contributed by atoms with Crippen LogP contribution < -0.4 is 15.2 Å². The van der Waals surface area contributed by atoms with Crippen LogP contribution >= 0.6 is 0 Å². The van der Waals surface area contributed by atoms with Gasteiger partial charge in [0.15, 0.2) is 17.3 Å². The molecule has 0 aliphatic rings. The average Bonchev–Trinajstić information content (AvgIpc) is 2.90. The Kier molecular flexibility index (Phi) is 4.47. The van der Waals surface area contributed by atoms with Gasteiger partial charge in [0.05, 0.1) is 26.5 Å². The van der Waals surface area contributed by atoms with Crippen molar-refractivity contribution in [3.05, 3.63) is 41.5 Å². The van der Waals surface area contributed by atoms with Crippen molar-refractivity contribution < 1.29 is 13.9 Å². The molecule has 0 radical (unpaired) electrons. The van der Waals surface area contributed by atoms with Crippen LogP contribution in [0.4, 0.5) is 4.39 Å². The molecule has 0 saturated heterocycles. The van der Waals surface area contributed by atoms with Crippen LogP contribution in [0, 0.1) is 5.82 Å². The molecule has 0 saturated carbocycles. The van der Waals surface area contributed by atoms with Crippen LogP contribution in [0.1, 0.15) is 37.2 Å². The third-order valence-corrected chi connectivity index (χ3v) is 3.34. The summed E-state index contributed by atoms with van der Waals surface area (Å²) in [6.07, 6.45) is 1.62. The Hall–Kier alpha value is -2.08. The Morgan fingerprint density at radius 1 is 1.19 bits per heavy atom. The smallest absolute Gasteiger partial charge is 0.165 e. The summed E-state index contributed by atoms with van der Waals surface area (Å²) in [5, 5.41) is 4.28. The highest BCUT2D eigenvalue weighted by molar-refractivity contribution is 5.39. The number of nitrogens with zero attached hydrogens (tertiary/aromatic N) is 2. The highest BCUT2D eigenvalue weighted by Gasteiger charge is 2.22. The molecule has 0 fully saturated rings. The topological polar surface area (TPSA) is 62.3 Å². The van der Waals surface area contributed by atoms with E-state index in [2.05, 4.69) is 5.10 Å². The van der Waals surface area contributed by atoms with E-state index in [1.54, 1.807) is 30.1 Å². The highest BCUT2D eigenvalue weighted by Crippen LogP contribution is 2.31. The minimum absolute atomic E-state index is 0.123. The third kappa shape index (κ3) is 2.85. The van der Waals surface area contributed by atoms with E-state index in [0.29, 0.717) is 11.3 Å². The summed E-state index contributed by atoms with van der Waals surface area (Å²) >= 11 is 0. The molecule has 0 amide bonds. The first kappa shape index (κ1) is 15.3. The van der Waals surface area contributed by atoms with Crippen LogP contribution in [-0.4, -0.2) is 24.0 Å². The standard InChI is InChI=1S/C15H20FN3O2/c1-9(2)19-15(13(21-4)8-18-19)14(17)10-5-6-12(20-3)11(16)7-10/h5-9,14H,17H2,1-4H3. The summed E-state index contributed by atoms with van der Waals surface area (Å²) in [7, 11) is 2.99. The van der Waals surface area contributed by atoms with Crippen molar-refractivity contribution in [3.8, 4) is 11.5 Å².